The van der Waals surface area contributed by atoms with Crippen molar-refractivity contribution in [2.45, 2.75) is 51.6 Å². The second kappa shape index (κ2) is 8.91. The molecule has 2 aromatic rings. The van der Waals surface area contributed by atoms with Gasteiger partial charge in [0.2, 0.25) is 0 Å². The Morgan fingerprint density at radius 1 is 1.00 bits per heavy atom. The molecule has 5 nitrogen and oxygen atoms in total. The average molecular weight is 420 g/mol. The van der Waals surface area contributed by atoms with Gasteiger partial charge in [0.15, 0.2) is 6.10 Å². The van der Waals surface area contributed by atoms with Crippen molar-refractivity contribution in [3.05, 3.63) is 53.1 Å². The highest BCUT2D eigenvalue weighted by atomic mass is 16.5. The molecule has 0 radical (unpaired) electrons. The number of hydrogen-bond acceptors (Lipinski definition) is 4. The summed E-state index contributed by atoms with van der Waals surface area (Å²) in [7, 11) is 0. The van der Waals surface area contributed by atoms with Crippen molar-refractivity contribution < 1.29 is 9.53 Å². The van der Waals surface area contributed by atoms with Crippen LogP contribution in [-0.4, -0.2) is 49.6 Å². The molecule has 0 saturated carbocycles. The Bertz CT molecular complexity index is 932. The van der Waals surface area contributed by atoms with Crippen LogP contribution in [0.25, 0.3) is 0 Å². The minimum absolute atomic E-state index is 0.00690. The topological polar surface area (TPSA) is 44.8 Å². The van der Waals surface area contributed by atoms with E-state index in [-0.39, 0.29) is 12.0 Å². The smallest absolute Gasteiger partial charge is 0.265 e. The lowest BCUT2D eigenvalue weighted by Gasteiger charge is -2.36. The summed E-state index contributed by atoms with van der Waals surface area (Å²) in [4.78, 5) is 17.5. The van der Waals surface area contributed by atoms with Crippen LogP contribution in [0.4, 0.5) is 11.4 Å². The molecule has 0 bridgehead atoms. The van der Waals surface area contributed by atoms with Crippen LogP contribution >= 0.6 is 0 Å². The van der Waals surface area contributed by atoms with E-state index < -0.39 is 0 Å². The molecule has 1 amide bonds. The van der Waals surface area contributed by atoms with Crippen LogP contribution in [0, 0.1) is 6.92 Å². The van der Waals surface area contributed by atoms with E-state index in [1.165, 1.54) is 35.2 Å². The van der Waals surface area contributed by atoms with E-state index in [9.17, 15) is 4.79 Å². The molecule has 2 aliphatic heterocycles. The number of carbonyl (C=O) groups is 1. The molecule has 1 fully saturated rings. The van der Waals surface area contributed by atoms with E-state index in [4.69, 9.17) is 4.74 Å². The lowest BCUT2D eigenvalue weighted by atomic mass is 9.90. The largest absolute Gasteiger partial charge is 0.478 e. The predicted molar refractivity (Wildman–Crippen MR) is 125 cm³/mol. The third kappa shape index (κ3) is 4.57. The Morgan fingerprint density at radius 2 is 1.71 bits per heavy atom. The summed E-state index contributed by atoms with van der Waals surface area (Å²) in [5, 5.41) is 3.09. The number of nitrogens with zero attached hydrogens (tertiary/aromatic N) is 2. The molecule has 1 N–H and O–H groups in total. The van der Waals surface area contributed by atoms with Crippen molar-refractivity contribution in [1.29, 1.82) is 0 Å². The maximum absolute atomic E-state index is 12.6. The fourth-order valence-electron chi connectivity index (χ4n) is 5.05. The van der Waals surface area contributed by atoms with E-state index in [0.29, 0.717) is 0 Å². The SMILES string of the molecule is Cc1ccc(N2CCN(CCCC3Oc4cc5c(cc4NC3=O)CCCC5)CC2)cc1. The van der Waals surface area contributed by atoms with E-state index >= 15 is 0 Å². The lowest BCUT2D eigenvalue weighted by molar-refractivity contribution is -0.123. The van der Waals surface area contributed by atoms with E-state index in [0.717, 1.165) is 69.8 Å². The fourth-order valence-corrected chi connectivity index (χ4v) is 5.05. The van der Waals surface area contributed by atoms with Crippen LogP contribution in [0.5, 0.6) is 5.75 Å². The molecule has 2 heterocycles. The molecule has 5 heteroatoms. The van der Waals surface area contributed by atoms with E-state index in [1.54, 1.807) is 0 Å². The number of carbonyl (C=O) groups excluding carboxylic acids is 1. The van der Waals surface area contributed by atoms with Gasteiger partial charge < -0.3 is 15.0 Å². The summed E-state index contributed by atoms with van der Waals surface area (Å²) in [6, 6.07) is 13.1. The Hall–Kier alpha value is -2.53. The number of ether oxygens (including phenoxy) is 1. The molecular weight excluding hydrogens is 386 g/mol. The summed E-state index contributed by atoms with van der Waals surface area (Å²) in [5.74, 6) is 0.865. The van der Waals surface area contributed by atoms with Gasteiger partial charge in [-0.3, -0.25) is 9.69 Å². The van der Waals surface area contributed by atoms with Crippen molar-refractivity contribution in [1.82, 2.24) is 4.90 Å². The number of benzene rings is 2. The zero-order chi connectivity index (χ0) is 21.2. The first-order chi connectivity index (χ1) is 15.2. The third-order valence-corrected chi connectivity index (χ3v) is 6.98. The highest BCUT2D eigenvalue weighted by Crippen LogP contribution is 2.36. The van der Waals surface area contributed by atoms with E-state index in [2.05, 4.69) is 58.4 Å². The highest BCUT2D eigenvalue weighted by Gasteiger charge is 2.29. The zero-order valence-corrected chi connectivity index (χ0v) is 18.5. The van der Waals surface area contributed by atoms with Gasteiger partial charge in [0, 0.05) is 31.9 Å². The molecule has 1 aliphatic carbocycles. The summed E-state index contributed by atoms with van der Waals surface area (Å²) < 4.78 is 6.15. The van der Waals surface area contributed by atoms with E-state index in [1.807, 2.05) is 0 Å². The minimum Gasteiger partial charge on any atom is -0.478 e. The molecule has 2 aromatic carbocycles. The van der Waals surface area contributed by atoms with Gasteiger partial charge >= 0.3 is 0 Å². The first-order valence-corrected chi connectivity index (χ1v) is 11.8. The van der Waals surface area contributed by atoms with Gasteiger partial charge in [0.1, 0.15) is 5.75 Å². The predicted octanol–water partition coefficient (Wildman–Crippen LogP) is 4.18. The molecule has 1 saturated heterocycles. The van der Waals surface area contributed by atoms with Gasteiger partial charge in [-0.15, -0.1) is 0 Å². The van der Waals surface area contributed by atoms with Crippen molar-refractivity contribution >= 4 is 17.3 Å². The Kier molecular flexibility index (Phi) is 5.86. The van der Waals surface area contributed by atoms with Crippen LogP contribution in [-0.2, 0) is 17.6 Å². The summed E-state index contributed by atoms with van der Waals surface area (Å²) in [5.41, 5.74) is 6.25. The quantitative estimate of drug-likeness (QED) is 0.790. The van der Waals surface area contributed by atoms with Crippen molar-refractivity contribution in [2.75, 3.05) is 42.9 Å². The van der Waals surface area contributed by atoms with Gasteiger partial charge in [-0.2, -0.15) is 0 Å². The third-order valence-electron chi connectivity index (χ3n) is 6.98. The molecule has 5 rings (SSSR count). The number of hydrogen-bond donors (Lipinski definition) is 1. The Morgan fingerprint density at radius 3 is 2.45 bits per heavy atom. The average Bonchev–Trinajstić information content (AvgIpc) is 2.79. The van der Waals surface area contributed by atoms with Crippen molar-refractivity contribution in [3.8, 4) is 5.75 Å². The van der Waals surface area contributed by atoms with Crippen molar-refractivity contribution in [3.63, 3.8) is 0 Å². The molecule has 31 heavy (non-hydrogen) atoms. The summed E-state index contributed by atoms with van der Waals surface area (Å²) in [6.45, 7) is 7.40. The first-order valence-electron chi connectivity index (χ1n) is 11.8. The number of aryl methyl sites for hydroxylation is 3. The molecular formula is C26H33N3O2. The van der Waals surface area contributed by atoms with Gasteiger partial charge in [0.05, 0.1) is 5.69 Å². The Balaban J connectivity index is 1.10. The summed E-state index contributed by atoms with van der Waals surface area (Å²) in [6.07, 6.45) is 6.09. The normalized spacial score (nSPS) is 21.1. The van der Waals surface area contributed by atoms with Gasteiger partial charge in [-0.25, -0.2) is 0 Å². The molecule has 1 unspecified atom stereocenters. The molecule has 164 valence electrons. The molecule has 0 spiro atoms. The second-order valence-corrected chi connectivity index (χ2v) is 9.23. The maximum atomic E-state index is 12.6. The highest BCUT2D eigenvalue weighted by molar-refractivity contribution is 5.97. The molecule has 3 aliphatic rings. The molecule has 0 aromatic heterocycles. The first kappa shape index (κ1) is 20.4. The number of piperazine rings is 1. The number of amides is 1. The Labute approximate surface area is 185 Å². The van der Waals surface area contributed by atoms with Crippen LogP contribution in [0.15, 0.2) is 36.4 Å². The van der Waals surface area contributed by atoms with Gasteiger partial charge in [0.25, 0.3) is 5.91 Å². The second-order valence-electron chi connectivity index (χ2n) is 9.23. The summed E-state index contributed by atoms with van der Waals surface area (Å²) >= 11 is 0. The molecule has 1 atom stereocenters. The van der Waals surface area contributed by atoms with Crippen LogP contribution in [0.2, 0.25) is 0 Å². The van der Waals surface area contributed by atoms with Crippen LogP contribution in [0.3, 0.4) is 0 Å². The van der Waals surface area contributed by atoms with Crippen LogP contribution in [0.1, 0.15) is 42.4 Å². The monoisotopic (exact) mass is 419 g/mol. The fraction of sp³-hybridized carbons (Fsp3) is 0.500. The maximum Gasteiger partial charge on any atom is 0.265 e. The van der Waals surface area contributed by atoms with Gasteiger partial charge in [-0.05, 0) is 87.4 Å². The number of fused-ring (bicyclic) bond motifs is 2. The minimum atomic E-state index is -0.372. The van der Waals surface area contributed by atoms with Crippen molar-refractivity contribution in [2.24, 2.45) is 0 Å². The van der Waals surface area contributed by atoms with Crippen LogP contribution < -0.4 is 15.0 Å². The van der Waals surface area contributed by atoms with Gasteiger partial charge in [-0.1, -0.05) is 17.7 Å². The standard InChI is InChI=1S/C26H33N3O2/c1-19-8-10-22(11-9-19)29-15-13-28(14-16-29)12-4-7-24-26(30)27-23-17-20-5-2-3-6-21(20)18-25(23)31-24/h8-11,17-18,24H,2-7,12-16H2,1H3,(H,27,30). The number of nitrogens with one attached hydrogen (secondary N) is 1. The zero-order valence-electron chi connectivity index (χ0n) is 18.5. The lowest BCUT2D eigenvalue weighted by Crippen LogP contribution is -2.47. The number of anilines is 2. The number of rotatable bonds is 5.